The third-order valence-electron chi connectivity index (χ3n) is 2.35. The lowest BCUT2D eigenvalue weighted by atomic mass is 10.4. The Morgan fingerprint density at radius 1 is 0.667 bits per heavy atom. The van der Waals surface area contributed by atoms with E-state index in [0.717, 1.165) is 11.6 Å². The summed E-state index contributed by atoms with van der Waals surface area (Å²) in [5.41, 5.74) is 0. The lowest BCUT2D eigenvalue weighted by Crippen LogP contribution is -2.19. The van der Waals surface area contributed by atoms with Crippen LogP contribution in [-0.4, -0.2) is 9.97 Å². The number of aromatic nitrogens is 2. The van der Waals surface area contributed by atoms with Crippen LogP contribution < -0.4 is 10.0 Å². The van der Waals surface area contributed by atoms with Crippen LogP contribution in [0.15, 0.2) is 71.6 Å². The van der Waals surface area contributed by atoms with Crippen molar-refractivity contribution in [1.29, 1.82) is 0 Å². The van der Waals surface area contributed by atoms with Gasteiger partial charge in [-0.3, -0.25) is 0 Å². The van der Waals surface area contributed by atoms with Gasteiger partial charge < -0.3 is 0 Å². The van der Waals surface area contributed by atoms with Crippen molar-refractivity contribution in [2.45, 2.75) is 0 Å². The molecule has 1 aliphatic heterocycles. The first kappa shape index (κ1) is 10.4. The Morgan fingerprint density at radius 3 is 1.50 bits per heavy atom. The quantitative estimate of drug-likeness (QED) is 0.806. The van der Waals surface area contributed by atoms with E-state index in [9.17, 15) is 0 Å². The Hall–Kier alpha value is -2.76. The van der Waals surface area contributed by atoms with Gasteiger partial charge in [0.15, 0.2) is 11.6 Å². The van der Waals surface area contributed by atoms with Crippen LogP contribution in [-0.2, 0) is 0 Å². The molecule has 0 saturated heterocycles. The molecule has 0 N–H and O–H groups in total. The maximum Gasteiger partial charge on any atom is 0.155 e. The molecule has 2 aromatic rings. The van der Waals surface area contributed by atoms with E-state index in [1.54, 1.807) is 34.8 Å². The van der Waals surface area contributed by atoms with Crippen LogP contribution in [0.2, 0.25) is 0 Å². The predicted molar refractivity (Wildman–Crippen MR) is 67.4 cm³/mol. The van der Waals surface area contributed by atoms with Gasteiger partial charge in [0.25, 0.3) is 0 Å². The summed E-state index contributed by atoms with van der Waals surface area (Å²) in [7, 11) is 0. The third-order valence-corrected chi connectivity index (χ3v) is 2.35. The highest BCUT2D eigenvalue weighted by atomic mass is 15.7. The highest BCUT2D eigenvalue weighted by Crippen LogP contribution is 2.18. The van der Waals surface area contributed by atoms with Crippen molar-refractivity contribution in [2.24, 2.45) is 10.4 Å². The molecule has 1 aliphatic rings. The molecule has 0 atom stereocenters. The predicted octanol–water partition coefficient (Wildman–Crippen LogP) is 2.56. The molecule has 18 heavy (non-hydrogen) atoms. The summed E-state index contributed by atoms with van der Waals surface area (Å²) in [6.45, 7) is 0. The second-order valence-corrected chi connectivity index (χ2v) is 3.54. The van der Waals surface area contributed by atoms with Gasteiger partial charge >= 0.3 is 0 Å². The summed E-state index contributed by atoms with van der Waals surface area (Å²) in [5.74, 6) is 1.44. The van der Waals surface area contributed by atoms with Gasteiger partial charge in [-0.2, -0.15) is 0 Å². The van der Waals surface area contributed by atoms with E-state index in [1.807, 2.05) is 36.4 Å². The monoisotopic (exact) mass is 238 g/mol. The molecule has 0 bridgehead atoms. The number of nitrogens with zero attached hydrogens (tertiary/aromatic N) is 6. The van der Waals surface area contributed by atoms with Gasteiger partial charge in [-0.1, -0.05) is 12.1 Å². The lowest BCUT2D eigenvalue weighted by molar-refractivity contribution is 0.804. The van der Waals surface area contributed by atoms with E-state index < -0.39 is 0 Å². The molecule has 3 heterocycles. The fraction of sp³-hybridized carbons (Fsp3) is 0. The van der Waals surface area contributed by atoms with Gasteiger partial charge in [-0.05, 0) is 34.7 Å². The number of pyridine rings is 2. The average Bonchev–Trinajstić information content (AvgIpc) is 2.49. The summed E-state index contributed by atoms with van der Waals surface area (Å²) in [5, 5.41) is 11.3. The summed E-state index contributed by atoms with van der Waals surface area (Å²) in [6, 6.07) is 11.2. The molecular formula is C12H10N6. The molecule has 0 aromatic carbocycles. The minimum Gasteiger partial charge on any atom is -0.237 e. The van der Waals surface area contributed by atoms with E-state index in [1.165, 1.54) is 0 Å². The highest BCUT2D eigenvalue weighted by molar-refractivity contribution is 5.45. The maximum atomic E-state index is 4.19. The highest BCUT2D eigenvalue weighted by Gasteiger charge is 2.10. The van der Waals surface area contributed by atoms with Gasteiger partial charge in [-0.25, -0.2) is 20.0 Å². The summed E-state index contributed by atoms with van der Waals surface area (Å²) in [6.07, 6.45) is 6.99. The van der Waals surface area contributed by atoms with E-state index in [4.69, 9.17) is 0 Å². The second kappa shape index (κ2) is 4.62. The van der Waals surface area contributed by atoms with Gasteiger partial charge in [-0.15, -0.1) is 0 Å². The normalized spacial score (nSPS) is 14.0. The molecule has 0 aliphatic carbocycles. The summed E-state index contributed by atoms with van der Waals surface area (Å²) in [4.78, 5) is 8.37. The van der Waals surface area contributed by atoms with Crippen LogP contribution in [0, 0.1) is 0 Å². The summed E-state index contributed by atoms with van der Waals surface area (Å²) >= 11 is 0. The van der Waals surface area contributed by atoms with Crippen molar-refractivity contribution in [1.82, 2.24) is 9.97 Å². The zero-order valence-corrected chi connectivity index (χ0v) is 9.46. The van der Waals surface area contributed by atoms with E-state index in [2.05, 4.69) is 20.4 Å². The Bertz CT molecular complexity index is 500. The lowest BCUT2D eigenvalue weighted by Gasteiger charge is -2.19. The molecule has 3 rings (SSSR count). The Kier molecular flexibility index (Phi) is 2.67. The van der Waals surface area contributed by atoms with Crippen LogP contribution in [0.3, 0.4) is 0 Å². The van der Waals surface area contributed by atoms with Gasteiger partial charge in [0.05, 0.1) is 12.4 Å². The van der Waals surface area contributed by atoms with E-state index >= 15 is 0 Å². The van der Waals surface area contributed by atoms with Crippen molar-refractivity contribution < 1.29 is 0 Å². The van der Waals surface area contributed by atoms with Crippen molar-refractivity contribution in [3.8, 4) is 0 Å². The fourth-order valence-electron chi connectivity index (χ4n) is 1.50. The van der Waals surface area contributed by atoms with Gasteiger partial charge in [0, 0.05) is 12.4 Å². The van der Waals surface area contributed by atoms with Crippen molar-refractivity contribution in [3.63, 3.8) is 0 Å². The van der Waals surface area contributed by atoms with Crippen LogP contribution in [0.5, 0.6) is 0 Å². The molecule has 0 unspecified atom stereocenters. The number of rotatable bonds is 2. The van der Waals surface area contributed by atoms with Crippen LogP contribution in [0.4, 0.5) is 11.6 Å². The first-order valence-corrected chi connectivity index (χ1v) is 5.44. The molecule has 0 saturated carbocycles. The second-order valence-electron chi connectivity index (χ2n) is 3.54. The minimum absolute atomic E-state index is 0.721. The third kappa shape index (κ3) is 2.03. The van der Waals surface area contributed by atoms with Crippen molar-refractivity contribution >= 4 is 11.6 Å². The maximum absolute atomic E-state index is 4.19. The first-order chi connectivity index (χ1) is 8.93. The zero-order chi connectivity index (χ0) is 12.2. The van der Waals surface area contributed by atoms with Crippen molar-refractivity contribution in [3.05, 3.63) is 61.2 Å². The van der Waals surface area contributed by atoms with Crippen LogP contribution >= 0.6 is 0 Å². The van der Waals surface area contributed by atoms with Crippen LogP contribution in [0.1, 0.15) is 0 Å². The molecular weight excluding hydrogens is 228 g/mol. The van der Waals surface area contributed by atoms with Gasteiger partial charge in [0.1, 0.15) is 0 Å². The van der Waals surface area contributed by atoms with E-state index in [0.29, 0.717) is 0 Å². The molecule has 0 radical (unpaired) electrons. The number of anilines is 2. The Morgan fingerprint density at radius 2 is 1.17 bits per heavy atom. The minimum atomic E-state index is 0.721. The molecule has 6 heteroatoms. The van der Waals surface area contributed by atoms with Gasteiger partial charge in [0.2, 0.25) is 0 Å². The number of hydrogen-bond donors (Lipinski definition) is 0. The van der Waals surface area contributed by atoms with Crippen LogP contribution in [0.25, 0.3) is 0 Å². The first-order valence-electron chi connectivity index (χ1n) is 5.44. The Labute approximate surface area is 104 Å². The van der Waals surface area contributed by atoms with E-state index in [-0.39, 0.29) is 0 Å². The SMILES string of the molecule is C1=CN(c2ccccn2)N=NN1c1ccccn1. The zero-order valence-electron chi connectivity index (χ0n) is 9.46. The molecule has 0 amide bonds. The number of hydrogen-bond acceptors (Lipinski definition) is 6. The summed E-state index contributed by atoms with van der Waals surface area (Å²) < 4.78 is 0. The molecule has 6 nitrogen and oxygen atoms in total. The molecule has 0 fully saturated rings. The molecule has 88 valence electrons. The molecule has 0 spiro atoms. The fourth-order valence-corrected chi connectivity index (χ4v) is 1.50. The topological polar surface area (TPSA) is 57.0 Å². The average molecular weight is 238 g/mol. The largest absolute Gasteiger partial charge is 0.237 e. The standard InChI is InChI=1S/C12H10N6/c1-3-7-13-11(5-1)17-9-10-18(16-15-17)12-6-2-4-8-14-12/h1-10H. The molecule has 2 aromatic heterocycles. The smallest absolute Gasteiger partial charge is 0.155 e. The van der Waals surface area contributed by atoms with Crippen molar-refractivity contribution in [2.75, 3.05) is 10.0 Å². The Balaban J connectivity index is 1.79.